The predicted octanol–water partition coefficient (Wildman–Crippen LogP) is 12.6. The summed E-state index contributed by atoms with van der Waals surface area (Å²) in [5.41, 5.74) is 0. The van der Waals surface area contributed by atoms with E-state index >= 15 is 0 Å². The van der Waals surface area contributed by atoms with Crippen molar-refractivity contribution in [3.63, 3.8) is 0 Å². The summed E-state index contributed by atoms with van der Waals surface area (Å²) in [6.45, 7) is 4.52. The van der Waals surface area contributed by atoms with Gasteiger partial charge in [0.15, 0.2) is 6.10 Å². The normalized spacial score (nSPS) is 13.3. The lowest BCUT2D eigenvalue weighted by atomic mass is 10.0. The number of rotatable bonds is 44. The van der Waals surface area contributed by atoms with Crippen LogP contribution in [0.25, 0.3) is 0 Å². The second-order valence-corrected chi connectivity index (χ2v) is 17.8. The third kappa shape index (κ3) is 40.7. The maximum Gasteiger partial charge on any atom is 0.306 e. The molecule has 0 aromatic heterocycles. The van der Waals surface area contributed by atoms with Gasteiger partial charge >= 0.3 is 11.9 Å². The summed E-state index contributed by atoms with van der Waals surface area (Å²) < 4.78 is 17.2. The topological polar surface area (TPSA) is 102 Å². The van der Waals surface area contributed by atoms with Crippen LogP contribution in [0.5, 0.6) is 0 Å². The number of carboxylic acids is 1. The summed E-state index contributed by atoms with van der Waals surface area (Å²) in [6.07, 6.45) is 51.4. The number of nitrogens with zero attached hydrogens (tertiary/aromatic N) is 1. The molecule has 2 atom stereocenters. The highest BCUT2D eigenvalue weighted by atomic mass is 16.6. The largest absolute Gasteiger partial charge is 0.544 e. The van der Waals surface area contributed by atoms with E-state index in [0.717, 1.165) is 64.2 Å². The number of hydrogen-bond acceptors (Lipinski definition) is 7. The third-order valence-corrected chi connectivity index (χ3v) is 11.1. The number of likely N-dealkylation sites (N-methyl/N-ethyl adjacent to an activating group) is 1. The molecule has 0 aromatic rings. The van der Waals surface area contributed by atoms with Crippen molar-refractivity contribution in [3.05, 3.63) is 48.6 Å². The van der Waals surface area contributed by atoms with E-state index in [4.69, 9.17) is 14.2 Å². The molecule has 0 spiro atoms. The van der Waals surface area contributed by atoms with E-state index in [9.17, 15) is 19.5 Å². The molecule has 0 aliphatic rings. The van der Waals surface area contributed by atoms with Gasteiger partial charge in [-0.1, -0.05) is 210 Å². The fourth-order valence-corrected chi connectivity index (χ4v) is 7.26. The Morgan fingerprint density at radius 1 is 0.517 bits per heavy atom. The number of aliphatic carboxylic acids is 1. The molecular weight excluding hydrogens is 751 g/mol. The number of allylic oxidation sites excluding steroid dienone is 8. The van der Waals surface area contributed by atoms with Crippen LogP contribution in [-0.4, -0.2) is 75.5 Å². The van der Waals surface area contributed by atoms with Crippen molar-refractivity contribution in [1.82, 2.24) is 0 Å². The predicted molar refractivity (Wildman–Crippen MR) is 250 cm³/mol. The number of quaternary nitrogens is 1. The molecule has 0 amide bonds. The summed E-state index contributed by atoms with van der Waals surface area (Å²) >= 11 is 0. The van der Waals surface area contributed by atoms with Gasteiger partial charge in [0.2, 0.25) is 0 Å². The van der Waals surface area contributed by atoms with Gasteiger partial charge in [-0.15, -0.1) is 0 Å². The fraction of sp³-hybridized carbons (Fsp3) is 0.788. The van der Waals surface area contributed by atoms with Crippen molar-refractivity contribution in [3.8, 4) is 0 Å². The van der Waals surface area contributed by atoms with Crippen LogP contribution in [0, 0.1) is 0 Å². The van der Waals surface area contributed by atoms with Gasteiger partial charge in [-0.3, -0.25) is 9.59 Å². The number of carbonyl (C=O) groups is 3. The third-order valence-electron chi connectivity index (χ3n) is 11.1. The molecule has 0 aliphatic carbocycles. The van der Waals surface area contributed by atoms with Gasteiger partial charge in [-0.2, -0.15) is 0 Å². The molecule has 60 heavy (non-hydrogen) atoms. The van der Waals surface area contributed by atoms with Crippen LogP contribution >= 0.6 is 0 Å². The van der Waals surface area contributed by atoms with E-state index in [-0.39, 0.29) is 42.7 Å². The van der Waals surface area contributed by atoms with Crippen LogP contribution in [0.4, 0.5) is 0 Å². The molecule has 0 N–H and O–H groups in total. The van der Waals surface area contributed by atoms with Crippen LogP contribution in [0.1, 0.15) is 213 Å². The molecule has 0 radical (unpaired) electrons. The fourth-order valence-electron chi connectivity index (χ4n) is 7.26. The molecule has 2 unspecified atom stereocenters. The van der Waals surface area contributed by atoms with E-state index in [1.54, 1.807) is 21.1 Å². The second-order valence-electron chi connectivity index (χ2n) is 17.8. The molecule has 0 saturated heterocycles. The number of ether oxygens (including phenoxy) is 3. The summed E-state index contributed by atoms with van der Waals surface area (Å²) in [4.78, 5) is 37.0. The minimum Gasteiger partial charge on any atom is -0.544 e. The van der Waals surface area contributed by atoms with E-state index in [1.807, 2.05) is 24.3 Å². The molecule has 0 fully saturated rings. The molecule has 348 valence electrons. The lowest BCUT2D eigenvalue weighted by molar-refractivity contribution is -0.889. The Balaban J connectivity index is 4.25. The Hall–Kier alpha value is -2.71. The Labute approximate surface area is 369 Å². The number of esters is 2. The first-order valence-corrected chi connectivity index (χ1v) is 24.7. The number of hydrogen-bond donors (Lipinski definition) is 0. The van der Waals surface area contributed by atoms with Crippen molar-refractivity contribution < 1.29 is 38.2 Å². The Morgan fingerprint density at radius 2 is 0.933 bits per heavy atom. The SMILES string of the molecule is CC/C=C/C=C/C=C/C=C/CCCCCCCC(=O)OCC(COCCC(C(=O)[O-])[N+](C)(C)C)OC(=O)CCCCCCCCCCCCCCCCCCCCCCC. The van der Waals surface area contributed by atoms with E-state index in [2.05, 4.69) is 38.2 Å². The van der Waals surface area contributed by atoms with Crippen molar-refractivity contribution in [2.75, 3.05) is 41.0 Å². The number of carbonyl (C=O) groups excluding carboxylic acids is 3. The van der Waals surface area contributed by atoms with Crippen molar-refractivity contribution in [2.45, 2.75) is 225 Å². The maximum absolute atomic E-state index is 12.8. The molecule has 8 heteroatoms. The van der Waals surface area contributed by atoms with Gasteiger partial charge < -0.3 is 28.6 Å². The molecule has 0 heterocycles. The number of carboxylic acid groups (broad SMARTS) is 1. The van der Waals surface area contributed by atoms with Crippen LogP contribution in [0.3, 0.4) is 0 Å². The second kappa shape index (κ2) is 43.0. The highest BCUT2D eigenvalue weighted by Crippen LogP contribution is 2.16. The maximum atomic E-state index is 12.8. The summed E-state index contributed by atoms with van der Waals surface area (Å²) in [5.74, 6) is -1.76. The van der Waals surface area contributed by atoms with Gasteiger partial charge in [-0.05, 0) is 32.1 Å². The lowest BCUT2D eigenvalue weighted by Gasteiger charge is -2.34. The zero-order chi connectivity index (χ0) is 44.2. The summed E-state index contributed by atoms with van der Waals surface area (Å²) in [7, 11) is 5.41. The van der Waals surface area contributed by atoms with E-state index in [1.165, 1.54) is 116 Å². The van der Waals surface area contributed by atoms with Crippen molar-refractivity contribution in [2.24, 2.45) is 0 Å². The van der Waals surface area contributed by atoms with E-state index in [0.29, 0.717) is 12.8 Å². The van der Waals surface area contributed by atoms with Crippen LogP contribution in [0.2, 0.25) is 0 Å². The first-order valence-electron chi connectivity index (χ1n) is 24.7. The highest BCUT2D eigenvalue weighted by molar-refractivity contribution is 5.70. The van der Waals surface area contributed by atoms with Gasteiger partial charge in [0.1, 0.15) is 12.6 Å². The average Bonchev–Trinajstić information content (AvgIpc) is 3.21. The monoisotopic (exact) mass is 844 g/mol. The average molecular weight is 844 g/mol. The Morgan fingerprint density at radius 3 is 1.38 bits per heavy atom. The highest BCUT2D eigenvalue weighted by Gasteiger charge is 2.25. The van der Waals surface area contributed by atoms with Crippen molar-refractivity contribution in [1.29, 1.82) is 0 Å². The molecule has 0 saturated carbocycles. The van der Waals surface area contributed by atoms with Gasteiger partial charge in [0.05, 0.1) is 40.3 Å². The first kappa shape index (κ1) is 57.3. The minimum atomic E-state index is -1.13. The molecule has 0 rings (SSSR count). The van der Waals surface area contributed by atoms with Crippen LogP contribution in [-0.2, 0) is 28.6 Å². The zero-order valence-electron chi connectivity index (χ0n) is 39.6. The molecule has 8 nitrogen and oxygen atoms in total. The van der Waals surface area contributed by atoms with E-state index < -0.39 is 18.1 Å². The van der Waals surface area contributed by atoms with Crippen molar-refractivity contribution >= 4 is 17.9 Å². The Kier molecular flexibility index (Phi) is 41.0. The van der Waals surface area contributed by atoms with Gasteiger partial charge in [0, 0.05) is 19.3 Å². The van der Waals surface area contributed by atoms with Gasteiger partial charge in [-0.25, -0.2) is 0 Å². The van der Waals surface area contributed by atoms with Crippen LogP contribution < -0.4 is 5.11 Å². The molecule has 0 aromatic carbocycles. The Bertz CT molecular complexity index is 1120. The molecule has 0 aliphatic heterocycles. The zero-order valence-corrected chi connectivity index (χ0v) is 39.6. The standard InChI is InChI=1S/C52H93NO7/c1-6-8-10-12-14-16-18-20-22-23-24-25-26-27-29-31-33-35-37-39-41-43-51(55)60-48(46-58-45-44-49(52(56)57)53(3,4)5)47-59-50(54)42-40-38-36-34-32-30-28-21-19-17-15-13-11-9-7-2/h9,11,13,15,17,19,21,28,48-49H,6-8,10,12,14,16,18,20,22-27,29-47H2,1-5H3/b11-9+,15-13+,19-17+,28-21+. The molecular formula is C52H93NO7. The number of unbranched alkanes of at least 4 members (excludes halogenated alkanes) is 25. The summed E-state index contributed by atoms with van der Waals surface area (Å²) in [5, 5.41) is 11.6. The smallest absolute Gasteiger partial charge is 0.306 e. The molecule has 0 bridgehead atoms. The quantitative estimate of drug-likeness (QED) is 0.0260. The van der Waals surface area contributed by atoms with Crippen LogP contribution in [0.15, 0.2) is 48.6 Å². The first-order chi connectivity index (χ1) is 29.1. The summed E-state index contributed by atoms with van der Waals surface area (Å²) in [6, 6.07) is -0.730. The van der Waals surface area contributed by atoms with Gasteiger partial charge in [0.25, 0.3) is 0 Å². The lowest BCUT2D eigenvalue weighted by Crippen LogP contribution is -2.55. The minimum absolute atomic E-state index is 0.0342.